The first-order chi connectivity index (χ1) is 7.58. The first-order valence-electron chi connectivity index (χ1n) is 5.48. The van der Waals surface area contributed by atoms with E-state index in [2.05, 4.69) is 0 Å². The second-order valence-electron chi connectivity index (χ2n) is 4.85. The molecule has 102 valence electrons. The van der Waals surface area contributed by atoms with E-state index in [-0.39, 0.29) is 6.42 Å². The molecule has 0 saturated heterocycles. The molecule has 1 atom stereocenters. The molecule has 0 spiro atoms. The molecule has 0 aromatic rings. The zero-order valence-corrected chi connectivity index (χ0v) is 11.0. The van der Waals surface area contributed by atoms with Crippen molar-refractivity contribution in [1.82, 2.24) is 0 Å². The molecule has 6 heteroatoms. The molecule has 17 heavy (non-hydrogen) atoms. The molecule has 2 N–H and O–H groups in total. The van der Waals surface area contributed by atoms with Gasteiger partial charge in [-0.2, -0.15) is 0 Å². The number of carboxylic acid groups (broad SMARTS) is 2. The molecule has 0 aromatic heterocycles. The maximum absolute atomic E-state index is 10.0. The minimum absolute atomic E-state index is 0.282. The smallest absolute Gasteiger partial charge is 0.303 e. The Bertz CT molecular complexity index is 235. The summed E-state index contributed by atoms with van der Waals surface area (Å²) >= 11 is 0. The van der Waals surface area contributed by atoms with Gasteiger partial charge in [-0.15, -0.1) is 0 Å². The van der Waals surface area contributed by atoms with Crippen LogP contribution in [0.15, 0.2) is 0 Å². The Hall–Kier alpha value is -1.14. The molecule has 0 radical (unpaired) electrons. The lowest BCUT2D eigenvalue weighted by molar-refractivity contribution is -0.873. The van der Waals surface area contributed by atoms with Crippen molar-refractivity contribution in [1.29, 1.82) is 0 Å². The first kappa shape index (κ1) is 18.2. The van der Waals surface area contributed by atoms with Crippen molar-refractivity contribution in [2.45, 2.75) is 32.3 Å². The standard InChI is InChI=1S/C7H15NO3.C4H8O2/c1-8(2,3)5-6(9)4-7(10)11;1-2-3-4(5)6/h6,9H,4-5H2,1-3H3;2-3H2,1H3,(H,5,6). The normalized spacial score (nSPS) is 12.3. The highest BCUT2D eigenvalue weighted by molar-refractivity contribution is 5.66. The predicted molar refractivity (Wildman–Crippen MR) is 61.1 cm³/mol. The van der Waals surface area contributed by atoms with E-state index >= 15 is 0 Å². The highest BCUT2D eigenvalue weighted by Crippen LogP contribution is 1.97. The summed E-state index contributed by atoms with van der Waals surface area (Å²) in [6.45, 7) is 2.27. The summed E-state index contributed by atoms with van der Waals surface area (Å²) < 4.78 is 0.550. The maximum Gasteiger partial charge on any atom is 0.303 e. The number of rotatable bonds is 6. The van der Waals surface area contributed by atoms with Crippen LogP contribution in [0.5, 0.6) is 0 Å². The van der Waals surface area contributed by atoms with Gasteiger partial charge in [0.25, 0.3) is 0 Å². The minimum Gasteiger partial charge on any atom is -0.550 e. The number of aliphatic hydroxyl groups is 1. The fourth-order valence-corrected chi connectivity index (χ4v) is 1.10. The highest BCUT2D eigenvalue weighted by Gasteiger charge is 2.14. The lowest BCUT2D eigenvalue weighted by atomic mass is 10.2. The Balaban J connectivity index is 0. The summed E-state index contributed by atoms with van der Waals surface area (Å²) in [5.74, 6) is -1.91. The van der Waals surface area contributed by atoms with Crippen molar-refractivity contribution >= 4 is 11.9 Å². The van der Waals surface area contributed by atoms with Crippen molar-refractivity contribution < 1.29 is 29.4 Å². The SMILES string of the molecule is CCCC(=O)O.C[N+](C)(C)CC(O)CC(=O)[O-]. The van der Waals surface area contributed by atoms with Crippen LogP contribution in [-0.4, -0.2) is 60.4 Å². The Morgan fingerprint density at radius 3 is 1.94 bits per heavy atom. The van der Waals surface area contributed by atoms with Crippen LogP contribution in [-0.2, 0) is 9.59 Å². The molecule has 0 aromatic carbocycles. The average molecular weight is 249 g/mol. The molecule has 0 bridgehead atoms. The molecule has 0 aliphatic heterocycles. The second-order valence-corrected chi connectivity index (χ2v) is 4.85. The van der Waals surface area contributed by atoms with Crippen LogP contribution in [0.25, 0.3) is 0 Å². The van der Waals surface area contributed by atoms with Gasteiger partial charge in [0, 0.05) is 18.8 Å². The molecule has 0 aliphatic rings. The molecule has 0 aliphatic carbocycles. The van der Waals surface area contributed by atoms with Crippen LogP contribution in [0.1, 0.15) is 26.2 Å². The largest absolute Gasteiger partial charge is 0.550 e. The number of quaternary nitrogens is 1. The number of aliphatic carboxylic acids is 2. The summed E-state index contributed by atoms with van der Waals surface area (Å²) in [7, 11) is 5.66. The van der Waals surface area contributed by atoms with Gasteiger partial charge in [-0.25, -0.2) is 0 Å². The Labute approximate surface area is 102 Å². The number of carbonyl (C=O) groups excluding carboxylic acids is 1. The second kappa shape index (κ2) is 8.95. The number of likely N-dealkylation sites (N-methyl/N-ethyl adjacent to an activating group) is 1. The van der Waals surface area contributed by atoms with Crippen LogP contribution in [0.4, 0.5) is 0 Å². The predicted octanol–water partition coefficient (Wildman–Crippen LogP) is -0.935. The van der Waals surface area contributed by atoms with Crippen LogP contribution in [0.2, 0.25) is 0 Å². The highest BCUT2D eigenvalue weighted by atomic mass is 16.4. The summed E-state index contributed by atoms with van der Waals surface area (Å²) in [5, 5.41) is 27.0. The van der Waals surface area contributed by atoms with Gasteiger partial charge in [0.1, 0.15) is 12.6 Å². The van der Waals surface area contributed by atoms with Gasteiger partial charge in [0.2, 0.25) is 0 Å². The van der Waals surface area contributed by atoms with Crippen molar-refractivity contribution in [3.05, 3.63) is 0 Å². The number of hydrogen-bond donors (Lipinski definition) is 2. The zero-order chi connectivity index (χ0) is 14.1. The Morgan fingerprint density at radius 2 is 1.76 bits per heavy atom. The molecule has 0 fully saturated rings. The zero-order valence-electron chi connectivity index (χ0n) is 11.0. The Kier molecular flexibility index (Phi) is 9.60. The molecule has 0 rings (SSSR count). The maximum atomic E-state index is 10.0. The molecule has 0 saturated carbocycles. The summed E-state index contributed by atoms with van der Waals surface area (Å²) in [5.41, 5.74) is 0. The van der Waals surface area contributed by atoms with Gasteiger partial charge in [0.05, 0.1) is 21.1 Å². The van der Waals surface area contributed by atoms with Gasteiger partial charge in [-0.1, -0.05) is 6.92 Å². The third kappa shape index (κ3) is 20.8. The van der Waals surface area contributed by atoms with Crippen LogP contribution >= 0.6 is 0 Å². The summed E-state index contributed by atoms with van der Waals surface area (Å²) in [6.07, 6.45) is -0.0646. The number of carboxylic acids is 2. The lowest BCUT2D eigenvalue weighted by Crippen LogP contribution is -2.43. The average Bonchev–Trinajstić information content (AvgIpc) is 1.97. The van der Waals surface area contributed by atoms with E-state index in [1.807, 2.05) is 28.1 Å². The third-order valence-corrected chi connectivity index (χ3v) is 1.62. The van der Waals surface area contributed by atoms with Crippen molar-refractivity contribution in [3.63, 3.8) is 0 Å². The van der Waals surface area contributed by atoms with Gasteiger partial charge in [-0.05, 0) is 6.42 Å². The molecule has 6 nitrogen and oxygen atoms in total. The summed E-state index contributed by atoms with van der Waals surface area (Å²) in [6, 6.07) is 0. The minimum atomic E-state index is -1.20. The van der Waals surface area contributed by atoms with E-state index in [1.54, 1.807) is 0 Å². The quantitative estimate of drug-likeness (QED) is 0.592. The van der Waals surface area contributed by atoms with Crippen molar-refractivity contribution in [2.75, 3.05) is 27.7 Å². The topological polar surface area (TPSA) is 97.7 Å². The number of nitrogens with zero attached hydrogens (tertiary/aromatic N) is 1. The van der Waals surface area contributed by atoms with Crippen molar-refractivity contribution in [2.24, 2.45) is 0 Å². The molecule has 0 amide bonds. The Morgan fingerprint density at radius 1 is 1.29 bits per heavy atom. The van der Waals surface area contributed by atoms with E-state index in [0.717, 1.165) is 6.42 Å². The lowest BCUT2D eigenvalue weighted by Gasteiger charge is -2.26. The molecular weight excluding hydrogens is 226 g/mol. The number of aliphatic hydroxyl groups excluding tert-OH is 1. The van der Waals surface area contributed by atoms with Gasteiger partial charge in [0.15, 0.2) is 0 Å². The van der Waals surface area contributed by atoms with E-state index in [4.69, 9.17) is 10.2 Å². The van der Waals surface area contributed by atoms with Crippen molar-refractivity contribution in [3.8, 4) is 0 Å². The van der Waals surface area contributed by atoms with Gasteiger partial charge >= 0.3 is 5.97 Å². The van der Waals surface area contributed by atoms with E-state index in [0.29, 0.717) is 17.4 Å². The third-order valence-electron chi connectivity index (χ3n) is 1.62. The van der Waals surface area contributed by atoms with Gasteiger partial charge in [-0.3, -0.25) is 4.79 Å². The van der Waals surface area contributed by atoms with E-state index < -0.39 is 18.0 Å². The van der Waals surface area contributed by atoms with Crippen LogP contribution < -0.4 is 5.11 Å². The number of carbonyl (C=O) groups is 2. The fraction of sp³-hybridized carbons (Fsp3) is 0.818. The monoisotopic (exact) mass is 249 g/mol. The van der Waals surface area contributed by atoms with E-state index in [9.17, 15) is 14.7 Å². The van der Waals surface area contributed by atoms with Crippen LogP contribution in [0.3, 0.4) is 0 Å². The number of hydrogen-bond acceptors (Lipinski definition) is 4. The summed E-state index contributed by atoms with van der Waals surface area (Å²) in [4.78, 5) is 19.6. The first-order valence-corrected chi connectivity index (χ1v) is 5.48. The fourth-order valence-electron chi connectivity index (χ4n) is 1.10. The molecule has 0 heterocycles. The molecular formula is C11H23NO5. The van der Waals surface area contributed by atoms with E-state index in [1.165, 1.54) is 0 Å². The van der Waals surface area contributed by atoms with Crippen LogP contribution in [0, 0.1) is 0 Å². The molecule has 1 unspecified atom stereocenters. The van der Waals surface area contributed by atoms with Gasteiger partial charge < -0.3 is 24.6 Å².